The summed E-state index contributed by atoms with van der Waals surface area (Å²) in [5, 5.41) is 17.1. The first kappa shape index (κ1) is 9.86. The highest BCUT2D eigenvalue weighted by Gasteiger charge is 2.22. The first-order valence-electron chi connectivity index (χ1n) is 2.90. The Bertz CT molecular complexity index is 170. The molecule has 6 N–H and O–H groups in total. The lowest BCUT2D eigenvalue weighted by Crippen LogP contribution is -2.43. The van der Waals surface area contributed by atoms with Crippen LogP contribution >= 0.6 is 0 Å². The van der Waals surface area contributed by atoms with Crippen LogP contribution in [0.1, 0.15) is 6.42 Å². The molecule has 0 aliphatic rings. The van der Waals surface area contributed by atoms with Gasteiger partial charge in [0.2, 0.25) is 5.91 Å². The Labute approximate surface area is 62.8 Å². The van der Waals surface area contributed by atoms with E-state index >= 15 is 0 Å². The summed E-state index contributed by atoms with van der Waals surface area (Å²) in [7, 11) is 0. The van der Waals surface area contributed by atoms with Crippen LogP contribution in [0.4, 0.5) is 0 Å². The molecule has 0 rings (SSSR count). The van der Waals surface area contributed by atoms with Crippen molar-refractivity contribution in [3.8, 4) is 0 Å². The SMILES string of the molecule is NC(=O)CC(O)C(N)C(=O)O. The molecule has 0 saturated carbocycles. The molecule has 0 saturated heterocycles. The standard InChI is InChI=1S/C5H10N2O4/c6-3(9)1-2(8)4(7)5(10)11/h2,4,8H,1,7H2,(H2,6,9)(H,10,11). The molecule has 0 aliphatic heterocycles. The van der Waals surface area contributed by atoms with Crippen LogP contribution in [0.2, 0.25) is 0 Å². The molecule has 0 aromatic rings. The Morgan fingerprint density at radius 3 is 2.18 bits per heavy atom. The van der Waals surface area contributed by atoms with E-state index in [2.05, 4.69) is 5.73 Å². The van der Waals surface area contributed by atoms with E-state index < -0.39 is 30.4 Å². The van der Waals surface area contributed by atoms with Gasteiger partial charge in [0.05, 0.1) is 12.5 Å². The minimum atomic E-state index is -1.46. The lowest BCUT2D eigenvalue weighted by atomic mass is 10.1. The zero-order valence-corrected chi connectivity index (χ0v) is 5.73. The normalized spacial score (nSPS) is 15.5. The van der Waals surface area contributed by atoms with Crippen LogP contribution in [0.5, 0.6) is 0 Å². The third kappa shape index (κ3) is 3.54. The molecule has 6 nitrogen and oxygen atoms in total. The molecule has 0 fully saturated rings. The molecule has 0 aromatic heterocycles. The number of aliphatic hydroxyl groups is 1. The molecule has 0 heterocycles. The Hall–Kier alpha value is -1.14. The van der Waals surface area contributed by atoms with Gasteiger partial charge in [0, 0.05) is 0 Å². The molecule has 0 spiro atoms. The molecular formula is C5H10N2O4. The number of primary amides is 1. The largest absolute Gasteiger partial charge is 0.480 e. The van der Waals surface area contributed by atoms with Crippen molar-refractivity contribution in [1.82, 2.24) is 0 Å². The number of aliphatic carboxylic acids is 1. The number of amides is 1. The van der Waals surface area contributed by atoms with Gasteiger partial charge >= 0.3 is 5.97 Å². The van der Waals surface area contributed by atoms with Gasteiger partial charge in [0.15, 0.2) is 0 Å². The van der Waals surface area contributed by atoms with Crippen LogP contribution in [0, 0.1) is 0 Å². The summed E-state index contributed by atoms with van der Waals surface area (Å²) in [5.41, 5.74) is 9.63. The van der Waals surface area contributed by atoms with Crippen molar-refractivity contribution in [2.45, 2.75) is 18.6 Å². The van der Waals surface area contributed by atoms with E-state index in [9.17, 15) is 9.59 Å². The van der Waals surface area contributed by atoms with Crippen molar-refractivity contribution in [2.75, 3.05) is 0 Å². The minimum Gasteiger partial charge on any atom is -0.480 e. The Kier molecular flexibility index (Phi) is 3.49. The Morgan fingerprint density at radius 1 is 1.45 bits per heavy atom. The first-order valence-corrected chi connectivity index (χ1v) is 2.90. The maximum absolute atomic E-state index is 10.2. The number of rotatable bonds is 4. The van der Waals surface area contributed by atoms with Crippen molar-refractivity contribution in [1.29, 1.82) is 0 Å². The van der Waals surface area contributed by atoms with E-state index in [0.29, 0.717) is 0 Å². The topological polar surface area (TPSA) is 127 Å². The summed E-state index contributed by atoms with van der Waals surface area (Å²) in [6.07, 6.45) is -1.85. The zero-order valence-electron chi connectivity index (χ0n) is 5.73. The Morgan fingerprint density at radius 2 is 1.91 bits per heavy atom. The van der Waals surface area contributed by atoms with Crippen molar-refractivity contribution >= 4 is 11.9 Å². The summed E-state index contributed by atoms with van der Waals surface area (Å²) in [5.74, 6) is -2.15. The summed E-state index contributed by atoms with van der Waals surface area (Å²) >= 11 is 0. The molecule has 2 atom stereocenters. The summed E-state index contributed by atoms with van der Waals surface area (Å²) in [6, 6.07) is -1.46. The fourth-order valence-electron chi connectivity index (χ4n) is 0.498. The number of carbonyl (C=O) groups is 2. The predicted molar refractivity (Wildman–Crippen MR) is 35.4 cm³/mol. The molecule has 0 radical (unpaired) electrons. The van der Waals surface area contributed by atoms with Gasteiger partial charge in [-0.2, -0.15) is 0 Å². The van der Waals surface area contributed by atoms with Crippen LogP contribution in [-0.4, -0.2) is 34.2 Å². The first-order chi connectivity index (χ1) is 4.95. The monoisotopic (exact) mass is 162 g/mol. The average molecular weight is 162 g/mol. The number of nitrogens with two attached hydrogens (primary N) is 2. The van der Waals surface area contributed by atoms with E-state index in [4.69, 9.17) is 15.9 Å². The summed E-state index contributed by atoms with van der Waals surface area (Å²) < 4.78 is 0. The second-order valence-electron chi connectivity index (χ2n) is 2.10. The second kappa shape index (κ2) is 3.89. The third-order valence-corrected chi connectivity index (χ3v) is 1.11. The molecule has 64 valence electrons. The van der Waals surface area contributed by atoms with Crippen LogP contribution in [-0.2, 0) is 9.59 Å². The Balaban J connectivity index is 3.92. The number of carboxylic acids is 1. The zero-order chi connectivity index (χ0) is 9.02. The van der Waals surface area contributed by atoms with Crippen molar-refractivity contribution in [2.24, 2.45) is 11.5 Å². The summed E-state index contributed by atoms with van der Waals surface area (Å²) in [6.45, 7) is 0. The van der Waals surface area contributed by atoms with Crippen molar-refractivity contribution in [3.63, 3.8) is 0 Å². The fraction of sp³-hybridized carbons (Fsp3) is 0.600. The average Bonchev–Trinajstić information content (AvgIpc) is 1.84. The van der Waals surface area contributed by atoms with E-state index in [0.717, 1.165) is 0 Å². The number of carboxylic acid groups (broad SMARTS) is 1. The third-order valence-electron chi connectivity index (χ3n) is 1.11. The van der Waals surface area contributed by atoms with E-state index in [1.807, 2.05) is 0 Å². The molecule has 0 bridgehead atoms. The van der Waals surface area contributed by atoms with Gasteiger partial charge in [0.25, 0.3) is 0 Å². The van der Waals surface area contributed by atoms with Gasteiger partial charge < -0.3 is 21.7 Å². The van der Waals surface area contributed by atoms with Gasteiger partial charge in [-0.25, -0.2) is 0 Å². The molecule has 11 heavy (non-hydrogen) atoms. The molecule has 0 aliphatic carbocycles. The van der Waals surface area contributed by atoms with Crippen molar-refractivity contribution in [3.05, 3.63) is 0 Å². The van der Waals surface area contributed by atoms with E-state index in [1.165, 1.54) is 0 Å². The van der Waals surface area contributed by atoms with E-state index in [1.54, 1.807) is 0 Å². The number of hydrogen-bond acceptors (Lipinski definition) is 4. The molecule has 1 amide bonds. The molecule has 2 unspecified atom stereocenters. The molecular weight excluding hydrogens is 152 g/mol. The van der Waals surface area contributed by atoms with Crippen LogP contribution < -0.4 is 11.5 Å². The lowest BCUT2D eigenvalue weighted by Gasteiger charge is -2.11. The highest BCUT2D eigenvalue weighted by Crippen LogP contribution is 1.95. The highest BCUT2D eigenvalue weighted by atomic mass is 16.4. The van der Waals surface area contributed by atoms with Gasteiger partial charge in [0.1, 0.15) is 6.04 Å². The smallest absolute Gasteiger partial charge is 0.323 e. The van der Waals surface area contributed by atoms with Crippen LogP contribution in [0.15, 0.2) is 0 Å². The highest BCUT2D eigenvalue weighted by molar-refractivity contribution is 5.78. The molecule has 6 heteroatoms. The number of aliphatic hydroxyl groups excluding tert-OH is 1. The predicted octanol–water partition coefficient (Wildman–Crippen LogP) is -2.37. The number of carbonyl (C=O) groups excluding carboxylic acids is 1. The van der Waals surface area contributed by atoms with E-state index in [-0.39, 0.29) is 0 Å². The quantitative estimate of drug-likeness (QED) is 0.367. The maximum Gasteiger partial charge on any atom is 0.323 e. The van der Waals surface area contributed by atoms with Crippen LogP contribution in [0.25, 0.3) is 0 Å². The van der Waals surface area contributed by atoms with Gasteiger partial charge in [-0.3, -0.25) is 9.59 Å². The number of hydrogen-bond donors (Lipinski definition) is 4. The van der Waals surface area contributed by atoms with Crippen LogP contribution in [0.3, 0.4) is 0 Å². The summed E-state index contributed by atoms with van der Waals surface area (Å²) in [4.78, 5) is 20.2. The second-order valence-corrected chi connectivity index (χ2v) is 2.10. The fourth-order valence-corrected chi connectivity index (χ4v) is 0.498. The van der Waals surface area contributed by atoms with Gasteiger partial charge in [-0.15, -0.1) is 0 Å². The maximum atomic E-state index is 10.2. The van der Waals surface area contributed by atoms with Gasteiger partial charge in [-0.1, -0.05) is 0 Å². The lowest BCUT2D eigenvalue weighted by molar-refractivity contribution is -0.141. The van der Waals surface area contributed by atoms with Crippen molar-refractivity contribution < 1.29 is 19.8 Å². The molecule has 0 aromatic carbocycles. The van der Waals surface area contributed by atoms with Gasteiger partial charge in [-0.05, 0) is 0 Å². The minimum absolute atomic E-state index is 0.437.